The summed E-state index contributed by atoms with van der Waals surface area (Å²) in [4.78, 5) is 4.30. The molecule has 0 bridgehead atoms. The summed E-state index contributed by atoms with van der Waals surface area (Å²) in [6, 6.07) is 6.26. The second-order valence-corrected chi connectivity index (χ2v) is 4.35. The Balaban J connectivity index is 2.10. The van der Waals surface area contributed by atoms with Crippen LogP contribution < -0.4 is 5.73 Å². The molecule has 3 heteroatoms. The van der Waals surface area contributed by atoms with Crippen LogP contribution in [0.4, 0.5) is 10.1 Å². The highest BCUT2D eigenvalue weighted by Gasteiger charge is 2.16. The summed E-state index contributed by atoms with van der Waals surface area (Å²) >= 11 is 0. The van der Waals surface area contributed by atoms with E-state index in [1.165, 1.54) is 31.4 Å². The van der Waals surface area contributed by atoms with Gasteiger partial charge in [-0.2, -0.15) is 0 Å². The molecule has 0 saturated heterocycles. The summed E-state index contributed by atoms with van der Waals surface area (Å²) in [6.45, 7) is 0. The lowest BCUT2D eigenvalue weighted by atomic mass is 9.88. The molecule has 16 heavy (non-hydrogen) atoms. The molecule has 0 radical (unpaired) electrons. The van der Waals surface area contributed by atoms with Crippen molar-refractivity contribution in [3.8, 4) is 0 Å². The molecule has 1 saturated carbocycles. The normalized spacial score (nSPS) is 18.7. The van der Waals surface area contributed by atoms with Crippen molar-refractivity contribution in [3.63, 3.8) is 0 Å². The smallest absolute Gasteiger partial charge is 0.125 e. The summed E-state index contributed by atoms with van der Waals surface area (Å²) < 4.78 is 12.9. The predicted molar refractivity (Wildman–Crippen MR) is 64.3 cm³/mol. The Morgan fingerprint density at radius 1 is 1.25 bits per heavy atom. The van der Waals surface area contributed by atoms with Gasteiger partial charge in [0, 0.05) is 5.92 Å². The first-order chi connectivity index (χ1) is 7.75. The van der Waals surface area contributed by atoms with E-state index in [1.54, 1.807) is 12.1 Å². The van der Waals surface area contributed by atoms with Crippen LogP contribution in [0.2, 0.25) is 0 Å². The van der Waals surface area contributed by atoms with Crippen LogP contribution in [0.3, 0.4) is 0 Å². The van der Waals surface area contributed by atoms with Crippen molar-refractivity contribution in [2.45, 2.75) is 32.1 Å². The van der Waals surface area contributed by atoms with Gasteiger partial charge in [0.2, 0.25) is 0 Å². The fourth-order valence-corrected chi connectivity index (χ4v) is 2.18. The first-order valence-corrected chi connectivity index (χ1v) is 5.85. The third kappa shape index (κ3) is 2.81. The minimum absolute atomic E-state index is 0.266. The van der Waals surface area contributed by atoms with Gasteiger partial charge in [0.05, 0.1) is 5.69 Å². The second kappa shape index (κ2) is 5.10. The van der Waals surface area contributed by atoms with Gasteiger partial charge in [-0.05, 0) is 31.0 Å². The predicted octanol–water partition coefficient (Wildman–Crippen LogP) is 3.39. The molecule has 0 unspecified atom stereocenters. The van der Waals surface area contributed by atoms with Crippen molar-refractivity contribution < 1.29 is 4.39 Å². The van der Waals surface area contributed by atoms with Gasteiger partial charge in [0.1, 0.15) is 11.7 Å². The van der Waals surface area contributed by atoms with Gasteiger partial charge in [-0.3, -0.25) is 0 Å². The highest BCUT2D eigenvalue weighted by Crippen LogP contribution is 2.25. The van der Waals surface area contributed by atoms with E-state index in [0.717, 1.165) is 12.8 Å². The minimum atomic E-state index is -0.266. The van der Waals surface area contributed by atoms with Crippen LogP contribution in [0.5, 0.6) is 0 Å². The lowest BCUT2D eigenvalue weighted by Gasteiger charge is -2.20. The van der Waals surface area contributed by atoms with Crippen LogP contribution in [0.1, 0.15) is 32.1 Å². The Bertz CT molecular complexity index is 381. The number of halogens is 1. The average Bonchev–Trinajstić information content (AvgIpc) is 2.30. The molecule has 1 aromatic rings. The summed E-state index contributed by atoms with van der Waals surface area (Å²) in [5.41, 5.74) is 6.57. The largest absolute Gasteiger partial charge is 0.387 e. The zero-order valence-corrected chi connectivity index (χ0v) is 9.32. The van der Waals surface area contributed by atoms with Crippen LogP contribution in [-0.2, 0) is 0 Å². The topological polar surface area (TPSA) is 38.4 Å². The highest BCUT2D eigenvalue weighted by atomic mass is 19.1. The molecule has 2 rings (SSSR count). The Kier molecular flexibility index (Phi) is 3.54. The highest BCUT2D eigenvalue weighted by molar-refractivity contribution is 5.85. The van der Waals surface area contributed by atoms with Gasteiger partial charge in [0.15, 0.2) is 0 Å². The number of aliphatic imine (C=N–C) groups is 1. The average molecular weight is 220 g/mol. The van der Waals surface area contributed by atoms with E-state index in [4.69, 9.17) is 5.73 Å². The zero-order chi connectivity index (χ0) is 11.4. The van der Waals surface area contributed by atoms with Gasteiger partial charge in [-0.15, -0.1) is 0 Å². The molecule has 0 aromatic heterocycles. The van der Waals surface area contributed by atoms with Crippen LogP contribution in [-0.4, -0.2) is 5.84 Å². The molecular formula is C13H17FN2. The Morgan fingerprint density at radius 3 is 2.69 bits per heavy atom. The standard InChI is InChI=1S/C13H17FN2/c14-11-7-4-8-12(9-11)16-13(15)10-5-2-1-3-6-10/h4,7-10H,1-3,5-6H2,(H2,15,16). The number of nitrogens with zero attached hydrogens (tertiary/aromatic N) is 1. The number of hydrogen-bond donors (Lipinski definition) is 1. The van der Waals surface area contributed by atoms with Gasteiger partial charge < -0.3 is 5.73 Å². The van der Waals surface area contributed by atoms with Crippen LogP contribution in [0.25, 0.3) is 0 Å². The maximum atomic E-state index is 12.9. The first kappa shape index (κ1) is 11.1. The summed E-state index contributed by atoms with van der Waals surface area (Å²) in [6.07, 6.45) is 5.98. The fraction of sp³-hybridized carbons (Fsp3) is 0.462. The third-order valence-electron chi connectivity index (χ3n) is 3.09. The number of hydrogen-bond acceptors (Lipinski definition) is 1. The van der Waals surface area contributed by atoms with Gasteiger partial charge in [-0.1, -0.05) is 25.3 Å². The van der Waals surface area contributed by atoms with Crippen molar-refractivity contribution in [3.05, 3.63) is 30.1 Å². The number of nitrogens with two attached hydrogens (primary N) is 1. The number of benzene rings is 1. The molecule has 1 aliphatic rings. The monoisotopic (exact) mass is 220 g/mol. The van der Waals surface area contributed by atoms with Crippen molar-refractivity contribution in [2.75, 3.05) is 0 Å². The minimum Gasteiger partial charge on any atom is -0.387 e. The molecular weight excluding hydrogens is 203 g/mol. The molecule has 0 spiro atoms. The van der Waals surface area contributed by atoms with E-state index in [1.807, 2.05) is 0 Å². The molecule has 0 amide bonds. The van der Waals surface area contributed by atoms with E-state index in [-0.39, 0.29) is 5.82 Å². The zero-order valence-electron chi connectivity index (χ0n) is 9.32. The molecule has 2 nitrogen and oxygen atoms in total. The fourth-order valence-electron chi connectivity index (χ4n) is 2.18. The summed E-state index contributed by atoms with van der Waals surface area (Å²) in [5.74, 6) is 0.778. The lowest BCUT2D eigenvalue weighted by Crippen LogP contribution is -2.25. The molecule has 2 N–H and O–H groups in total. The number of rotatable bonds is 2. The Hall–Kier alpha value is -1.38. The van der Waals surface area contributed by atoms with Crippen molar-refractivity contribution in [1.82, 2.24) is 0 Å². The molecule has 0 heterocycles. The third-order valence-corrected chi connectivity index (χ3v) is 3.09. The van der Waals surface area contributed by atoms with Crippen LogP contribution >= 0.6 is 0 Å². The van der Waals surface area contributed by atoms with Gasteiger partial charge >= 0.3 is 0 Å². The molecule has 0 atom stereocenters. The Labute approximate surface area is 95.4 Å². The summed E-state index contributed by atoms with van der Waals surface area (Å²) in [5, 5.41) is 0. The Morgan fingerprint density at radius 2 is 2.00 bits per heavy atom. The van der Waals surface area contributed by atoms with E-state index in [0.29, 0.717) is 17.4 Å². The number of amidine groups is 1. The van der Waals surface area contributed by atoms with Crippen LogP contribution in [0, 0.1) is 11.7 Å². The molecule has 86 valence electrons. The van der Waals surface area contributed by atoms with Gasteiger partial charge in [-0.25, -0.2) is 9.38 Å². The van der Waals surface area contributed by atoms with E-state index < -0.39 is 0 Å². The van der Waals surface area contributed by atoms with E-state index in [2.05, 4.69) is 4.99 Å². The maximum absolute atomic E-state index is 12.9. The molecule has 0 aliphatic heterocycles. The van der Waals surface area contributed by atoms with Gasteiger partial charge in [0.25, 0.3) is 0 Å². The quantitative estimate of drug-likeness (QED) is 0.602. The van der Waals surface area contributed by atoms with Crippen LogP contribution in [0.15, 0.2) is 29.3 Å². The van der Waals surface area contributed by atoms with E-state index in [9.17, 15) is 4.39 Å². The molecule has 1 aliphatic carbocycles. The molecule has 1 aromatic carbocycles. The van der Waals surface area contributed by atoms with Crippen molar-refractivity contribution in [1.29, 1.82) is 0 Å². The molecule has 1 fully saturated rings. The van der Waals surface area contributed by atoms with Crippen molar-refractivity contribution in [2.24, 2.45) is 16.6 Å². The lowest BCUT2D eigenvalue weighted by molar-refractivity contribution is 0.437. The first-order valence-electron chi connectivity index (χ1n) is 5.85. The van der Waals surface area contributed by atoms with Crippen molar-refractivity contribution >= 4 is 11.5 Å². The van der Waals surface area contributed by atoms with E-state index >= 15 is 0 Å². The SMILES string of the molecule is NC(=Nc1cccc(F)c1)C1CCCCC1. The second-order valence-electron chi connectivity index (χ2n) is 4.35. The summed E-state index contributed by atoms with van der Waals surface area (Å²) in [7, 11) is 0. The maximum Gasteiger partial charge on any atom is 0.125 e.